The van der Waals surface area contributed by atoms with Crippen molar-refractivity contribution in [2.24, 2.45) is 0 Å². The zero-order valence-corrected chi connectivity index (χ0v) is 46.9. The second-order valence-corrected chi connectivity index (χ2v) is 28.3. The Hall–Kier alpha value is -5.63. The molecule has 10 rings (SSSR count). The molecule has 10 aromatic carbocycles. The van der Waals surface area contributed by atoms with Gasteiger partial charge < -0.3 is 4.79 Å². The van der Waals surface area contributed by atoms with Gasteiger partial charge in [-0.05, 0) is 47.9 Å². The van der Waals surface area contributed by atoms with Crippen LogP contribution in [0, 0.1) is 0 Å². The van der Waals surface area contributed by atoms with Gasteiger partial charge in [-0.3, -0.25) is 0 Å². The van der Waals surface area contributed by atoms with Gasteiger partial charge in [0.2, 0.25) is 0 Å². The largest absolute Gasteiger partial charge is 2.00 e. The van der Waals surface area contributed by atoms with Crippen molar-refractivity contribution >= 4 is 102 Å². The van der Waals surface area contributed by atoms with Crippen molar-refractivity contribution < 1.29 is 21.9 Å². The second kappa shape index (κ2) is 25.1. The van der Waals surface area contributed by atoms with E-state index in [9.17, 15) is 4.79 Å². The summed E-state index contributed by atoms with van der Waals surface area (Å²) < 4.78 is 0. The monoisotopic (exact) mass is 1060 g/mol. The molecule has 0 bridgehead atoms. The van der Waals surface area contributed by atoms with E-state index in [0.29, 0.717) is 6.42 Å². The van der Waals surface area contributed by atoms with E-state index in [1.54, 1.807) is 0 Å². The summed E-state index contributed by atoms with van der Waals surface area (Å²) in [5, 5.41) is 16.7. The standard InChI is InChI=1S/C34H31OP2.C33H31P2.Fe/c1-34(2,23-24-35)27-25-32(36(28-15-7-3-8-16-28)29-17-9-4-10-18-29)33(26-27)37(30-19-11-5-12-20-30)31-21-13-6-14-22-31;1-33(2,3)26-24-31(34(27-16-8-4-9-17-27)28-18-10-5-11-19-28)32(25-26)35(29-20-12-6-13-21-29)30-22-14-7-15-23-30;/h3-22,24-26H,23H2,1-2H3;4-25H,1-3H3;/q2*-1;+2. The van der Waals surface area contributed by atoms with E-state index in [4.69, 9.17) is 0 Å². The summed E-state index contributed by atoms with van der Waals surface area (Å²) in [5.74, 6) is 0. The normalized spacial score (nSPS) is 11.6. The van der Waals surface area contributed by atoms with Crippen molar-refractivity contribution in [1.82, 2.24) is 0 Å². The minimum atomic E-state index is -0.788. The van der Waals surface area contributed by atoms with Gasteiger partial charge in [0.05, 0.1) is 0 Å². The molecule has 0 heterocycles. The molecular weight excluding hydrogens is 1000 g/mol. The molecule has 0 aliphatic carbocycles. The first-order chi connectivity index (χ1) is 35.1. The van der Waals surface area contributed by atoms with Gasteiger partial charge in [-0.25, -0.2) is 0 Å². The Labute approximate surface area is 450 Å². The number of hydrogen-bond donors (Lipinski definition) is 0. The third kappa shape index (κ3) is 12.8. The van der Waals surface area contributed by atoms with Gasteiger partial charge >= 0.3 is 17.1 Å². The Bertz CT molecular complexity index is 2870. The maximum absolute atomic E-state index is 11.6. The number of aldehydes is 1. The number of hydrogen-bond acceptors (Lipinski definition) is 1. The molecular formula is C67H62FeOP4. The summed E-state index contributed by atoms with van der Waals surface area (Å²) in [5.41, 5.74) is 2.50. The number of carbonyl (C=O) groups is 1. The van der Waals surface area contributed by atoms with Crippen LogP contribution in [0.5, 0.6) is 0 Å². The van der Waals surface area contributed by atoms with Crippen molar-refractivity contribution in [3.63, 3.8) is 0 Å². The van der Waals surface area contributed by atoms with E-state index in [0.717, 1.165) is 6.29 Å². The first-order valence-electron chi connectivity index (χ1n) is 24.8. The minimum Gasteiger partial charge on any atom is -0.303 e. The SMILES string of the molecule is CC(C)(C)[c-]1cc(P(c2ccccc2)c2ccccc2)c(P(c2ccccc2)c2ccccc2)c1.CC(C)(CC=O)[c-]1cc(P(c2ccccc2)c2ccccc2)c(P(c2ccccc2)c2ccccc2)c1.[Fe+2]. The molecule has 0 saturated heterocycles. The quantitative estimate of drug-likeness (QED) is 0.0433. The molecule has 10 aromatic rings. The zero-order chi connectivity index (χ0) is 49.9. The van der Waals surface area contributed by atoms with Gasteiger partial charge in [-0.2, -0.15) is 56.6 Å². The summed E-state index contributed by atoms with van der Waals surface area (Å²) >= 11 is 0. The second-order valence-electron chi connectivity index (χ2n) is 19.6. The molecule has 0 amide bonds. The molecule has 0 aliphatic rings. The molecule has 0 aliphatic heterocycles. The predicted molar refractivity (Wildman–Crippen MR) is 321 cm³/mol. The van der Waals surface area contributed by atoms with Crippen LogP contribution in [0.3, 0.4) is 0 Å². The molecule has 0 fully saturated rings. The average molecular weight is 1060 g/mol. The summed E-state index contributed by atoms with van der Waals surface area (Å²) in [4.78, 5) is 11.6. The van der Waals surface area contributed by atoms with Crippen LogP contribution in [-0.2, 0) is 32.7 Å². The van der Waals surface area contributed by atoms with E-state index >= 15 is 0 Å². The van der Waals surface area contributed by atoms with Gasteiger partial charge in [0, 0.05) is 6.42 Å². The molecule has 0 atom stereocenters. The molecule has 6 heteroatoms. The van der Waals surface area contributed by atoms with Crippen LogP contribution in [0.25, 0.3) is 0 Å². The van der Waals surface area contributed by atoms with Crippen LogP contribution in [0.15, 0.2) is 267 Å². The summed E-state index contributed by atoms with van der Waals surface area (Å²) in [6.07, 6.45) is 1.56. The average Bonchev–Trinajstić information content (AvgIpc) is 4.06. The van der Waals surface area contributed by atoms with Crippen LogP contribution in [0.2, 0.25) is 0 Å². The minimum absolute atomic E-state index is 0. The van der Waals surface area contributed by atoms with Gasteiger partial charge in [-0.15, -0.1) is 0 Å². The predicted octanol–water partition coefficient (Wildman–Crippen LogP) is 12.0. The zero-order valence-electron chi connectivity index (χ0n) is 42.2. The van der Waals surface area contributed by atoms with E-state index in [-0.39, 0.29) is 27.9 Å². The molecule has 0 radical (unpaired) electrons. The van der Waals surface area contributed by atoms with Gasteiger partial charge in [0.1, 0.15) is 6.29 Å². The molecule has 0 saturated carbocycles. The molecule has 364 valence electrons. The molecule has 0 unspecified atom stereocenters. The maximum atomic E-state index is 11.6. The fraction of sp³-hybridized carbons (Fsp3) is 0.119. The summed E-state index contributed by atoms with van der Waals surface area (Å²) in [6.45, 7) is 11.4. The van der Waals surface area contributed by atoms with E-state index in [2.05, 4.69) is 302 Å². The molecule has 1 nitrogen and oxygen atoms in total. The fourth-order valence-electron chi connectivity index (χ4n) is 9.16. The first kappa shape index (κ1) is 53.7. The summed E-state index contributed by atoms with van der Waals surface area (Å²) in [6, 6.07) is 97.8. The Morgan fingerprint density at radius 1 is 0.315 bits per heavy atom. The maximum Gasteiger partial charge on any atom is 2.00 e. The van der Waals surface area contributed by atoms with E-state index in [1.165, 1.54) is 74.8 Å². The van der Waals surface area contributed by atoms with Crippen molar-refractivity contribution in [3.8, 4) is 0 Å². The Balaban J connectivity index is 0.000000192. The van der Waals surface area contributed by atoms with Gasteiger partial charge in [0.25, 0.3) is 0 Å². The molecule has 73 heavy (non-hydrogen) atoms. The topological polar surface area (TPSA) is 17.1 Å². The molecule has 0 N–H and O–H groups in total. The summed E-state index contributed by atoms with van der Waals surface area (Å²) in [7, 11) is -2.96. The number of benzene rings is 8. The Morgan fingerprint density at radius 3 is 0.658 bits per heavy atom. The number of carbonyl (C=O) groups excluding carboxylic acids is 1. The van der Waals surface area contributed by atoms with E-state index < -0.39 is 31.7 Å². The van der Waals surface area contributed by atoms with E-state index in [1.807, 2.05) is 0 Å². The third-order valence-electron chi connectivity index (χ3n) is 13.0. The smallest absolute Gasteiger partial charge is 0.303 e. The van der Waals surface area contributed by atoms with Crippen molar-refractivity contribution in [2.75, 3.05) is 0 Å². The Kier molecular flexibility index (Phi) is 18.4. The van der Waals surface area contributed by atoms with Crippen LogP contribution < -0.4 is 63.7 Å². The van der Waals surface area contributed by atoms with Crippen molar-refractivity contribution in [3.05, 3.63) is 278 Å². The number of rotatable bonds is 15. The van der Waals surface area contributed by atoms with Crippen molar-refractivity contribution in [1.29, 1.82) is 0 Å². The van der Waals surface area contributed by atoms with Gasteiger partial charge in [0.15, 0.2) is 0 Å². The molecule has 0 spiro atoms. The van der Waals surface area contributed by atoms with Crippen LogP contribution in [-0.4, -0.2) is 6.29 Å². The van der Waals surface area contributed by atoms with Crippen LogP contribution in [0.1, 0.15) is 52.2 Å². The third-order valence-corrected chi connectivity index (χ3v) is 23.3. The Morgan fingerprint density at radius 2 is 0.493 bits per heavy atom. The van der Waals surface area contributed by atoms with Gasteiger partial charge in [-0.1, -0.05) is 314 Å². The fourth-order valence-corrected chi connectivity index (χ4v) is 19.8. The molecule has 0 aromatic heterocycles. The van der Waals surface area contributed by atoms with Crippen LogP contribution in [0.4, 0.5) is 0 Å². The van der Waals surface area contributed by atoms with Crippen LogP contribution >= 0.6 is 31.7 Å². The first-order valence-corrected chi connectivity index (χ1v) is 30.1. The van der Waals surface area contributed by atoms with Crippen molar-refractivity contribution in [2.45, 2.75) is 51.9 Å².